The van der Waals surface area contributed by atoms with Crippen molar-refractivity contribution in [3.05, 3.63) is 96.1 Å². The van der Waals surface area contributed by atoms with Crippen LogP contribution >= 0.6 is 0 Å². The number of aryl methyl sites for hydroxylation is 2. The number of anilines is 2. The Bertz CT molecular complexity index is 1770. The van der Waals surface area contributed by atoms with E-state index in [1.165, 1.54) is 4.31 Å². The lowest BCUT2D eigenvalue weighted by Crippen LogP contribution is -2.48. The zero-order valence-corrected chi connectivity index (χ0v) is 21.1. The number of furan rings is 1. The third-order valence-corrected chi connectivity index (χ3v) is 8.33. The van der Waals surface area contributed by atoms with Gasteiger partial charge in [0.05, 0.1) is 17.1 Å². The molecule has 1 aliphatic heterocycles. The Morgan fingerprint density at radius 1 is 0.865 bits per heavy atom. The van der Waals surface area contributed by atoms with Crippen molar-refractivity contribution in [1.29, 1.82) is 0 Å². The third kappa shape index (κ3) is 4.09. The Labute approximate surface area is 214 Å². The summed E-state index contributed by atoms with van der Waals surface area (Å²) in [4.78, 5) is 13.5. The minimum absolute atomic E-state index is 0.155. The third-order valence-electron chi connectivity index (χ3n) is 6.53. The van der Waals surface area contributed by atoms with Gasteiger partial charge in [-0.25, -0.2) is 8.42 Å². The average molecular weight is 513 g/mol. The molecular formula is C29H24N2O5S. The second-order valence-corrected chi connectivity index (χ2v) is 11.1. The Morgan fingerprint density at radius 3 is 2.41 bits per heavy atom. The maximum absolute atomic E-state index is 13.7. The summed E-state index contributed by atoms with van der Waals surface area (Å²) in [5.74, 6) is -0.119. The number of carbonyl (C=O) groups is 1. The maximum atomic E-state index is 13.7. The molecule has 0 saturated heterocycles. The van der Waals surface area contributed by atoms with Crippen molar-refractivity contribution in [2.45, 2.75) is 24.8 Å². The van der Waals surface area contributed by atoms with Crippen molar-refractivity contribution in [3.63, 3.8) is 0 Å². The highest BCUT2D eigenvalue weighted by Crippen LogP contribution is 2.38. The highest BCUT2D eigenvalue weighted by Gasteiger charge is 2.37. The van der Waals surface area contributed by atoms with Crippen LogP contribution < -0.4 is 14.4 Å². The van der Waals surface area contributed by atoms with E-state index in [9.17, 15) is 13.2 Å². The van der Waals surface area contributed by atoms with Gasteiger partial charge in [-0.2, -0.15) is 0 Å². The number of hydrogen-bond donors (Lipinski definition) is 1. The van der Waals surface area contributed by atoms with Crippen LogP contribution in [-0.4, -0.2) is 27.0 Å². The molecule has 4 aromatic carbocycles. The molecular weight excluding hydrogens is 488 g/mol. The molecule has 0 spiro atoms. The molecule has 1 aromatic heterocycles. The van der Waals surface area contributed by atoms with E-state index in [2.05, 4.69) is 5.32 Å². The number of para-hydroxylation sites is 1. The molecule has 1 N–H and O–H groups in total. The Kier molecular flexibility index (Phi) is 5.42. The van der Waals surface area contributed by atoms with E-state index >= 15 is 0 Å². The van der Waals surface area contributed by atoms with Crippen LogP contribution in [0.25, 0.3) is 21.9 Å². The van der Waals surface area contributed by atoms with Crippen molar-refractivity contribution in [2.75, 3.05) is 16.2 Å². The van der Waals surface area contributed by atoms with Crippen LogP contribution in [0.1, 0.15) is 11.1 Å². The predicted octanol–water partition coefficient (Wildman–Crippen LogP) is 5.80. The van der Waals surface area contributed by atoms with E-state index in [1.54, 1.807) is 48.5 Å². The van der Waals surface area contributed by atoms with E-state index < -0.39 is 22.0 Å². The van der Waals surface area contributed by atoms with Gasteiger partial charge in [0.1, 0.15) is 16.9 Å². The minimum atomic E-state index is -3.93. The molecule has 2 heterocycles. The van der Waals surface area contributed by atoms with E-state index in [0.29, 0.717) is 22.7 Å². The van der Waals surface area contributed by atoms with Crippen molar-refractivity contribution < 1.29 is 22.4 Å². The maximum Gasteiger partial charge on any atom is 0.267 e. The number of fused-ring (bicyclic) bond motifs is 4. The second kappa shape index (κ2) is 8.67. The molecule has 1 amide bonds. The number of ether oxygens (including phenoxy) is 1. The van der Waals surface area contributed by atoms with E-state index in [0.717, 1.165) is 27.5 Å². The molecule has 186 valence electrons. The summed E-state index contributed by atoms with van der Waals surface area (Å²) in [6, 6.07) is 25.1. The van der Waals surface area contributed by atoms with Crippen LogP contribution in [0.3, 0.4) is 0 Å². The van der Waals surface area contributed by atoms with Gasteiger partial charge in [0, 0.05) is 22.5 Å². The first-order valence-corrected chi connectivity index (χ1v) is 13.3. The van der Waals surface area contributed by atoms with Gasteiger partial charge in [-0.3, -0.25) is 9.10 Å². The Balaban J connectivity index is 1.32. The molecule has 1 aliphatic rings. The first kappa shape index (κ1) is 23.1. The van der Waals surface area contributed by atoms with Crippen molar-refractivity contribution >= 4 is 49.2 Å². The van der Waals surface area contributed by atoms with Gasteiger partial charge in [-0.1, -0.05) is 42.0 Å². The van der Waals surface area contributed by atoms with E-state index in [1.807, 2.05) is 50.2 Å². The standard InChI is InChI=1S/C29H24N2O5S/c1-18-7-11-21(12-8-18)37(33,34)31-17-28(36-26-14-9-19(2)15-24(26)31)29(32)30-20-10-13-23-22-5-3-4-6-25(22)35-27(23)16-20/h3-16,28H,17H2,1-2H3,(H,30,32)/t28-/m1/s1. The molecule has 0 bridgehead atoms. The van der Waals surface area contributed by atoms with Crippen molar-refractivity contribution in [2.24, 2.45) is 0 Å². The highest BCUT2D eigenvalue weighted by molar-refractivity contribution is 7.92. The molecule has 6 rings (SSSR count). The van der Waals surface area contributed by atoms with Gasteiger partial charge in [0.25, 0.3) is 15.9 Å². The summed E-state index contributed by atoms with van der Waals surface area (Å²) in [6.07, 6.45) is -1.05. The summed E-state index contributed by atoms with van der Waals surface area (Å²) in [7, 11) is -3.93. The van der Waals surface area contributed by atoms with Crippen LogP contribution in [0, 0.1) is 13.8 Å². The molecule has 0 unspecified atom stereocenters. The van der Waals surface area contributed by atoms with Gasteiger partial charge in [0.2, 0.25) is 0 Å². The average Bonchev–Trinajstić information content (AvgIpc) is 3.26. The van der Waals surface area contributed by atoms with Crippen LogP contribution in [0.15, 0.2) is 94.2 Å². The molecule has 1 atom stereocenters. The summed E-state index contributed by atoms with van der Waals surface area (Å²) >= 11 is 0. The number of rotatable bonds is 4. The topological polar surface area (TPSA) is 88.9 Å². The SMILES string of the molecule is Cc1ccc(S(=O)(=O)N2C[C@H](C(=O)Nc3ccc4c(c3)oc3ccccc34)Oc3ccc(C)cc32)cc1. The molecule has 5 aromatic rings. The number of nitrogens with one attached hydrogen (secondary N) is 1. The number of hydrogen-bond acceptors (Lipinski definition) is 5. The predicted molar refractivity (Wildman–Crippen MR) is 144 cm³/mol. The van der Waals surface area contributed by atoms with E-state index in [-0.39, 0.29) is 11.4 Å². The minimum Gasteiger partial charge on any atom is -0.476 e. The van der Waals surface area contributed by atoms with Crippen molar-refractivity contribution in [3.8, 4) is 5.75 Å². The first-order chi connectivity index (χ1) is 17.8. The summed E-state index contributed by atoms with van der Waals surface area (Å²) in [5.41, 5.74) is 4.19. The van der Waals surface area contributed by atoms with Crippen LogP contribution in [-0.2, 0) is 14.8 Å². The lowest BCUT2D eigenvalue weighted by Gasteiger charge is -2.35. The molecule has 0 fully saturated rings. The largest absolute Gasteiger partial charge is 0.476 e. The first-order valence-electron chi connectivity index (χ1n) is 11.9. The number of sulfonamides is 1. The number of amides is 1. The number of carbonyl (C=O) groups excluding carboxylic acids is 1. The van der Waals surface area contributed by atoms with Gasteiger partial charge < -0.3 is 14.5 Å². The fourth-order valence-corrected chi connectivity index (χ4v) is 6.06. The van der Waals surface area contributed by atoms with Gasteiger partial charge >= 0.3 is 0 Å². The number of benzene rings is 4. The summed E-state index contributed by atoms with van der Waals surface area (Å²) in [5, 5.41) is 4.81. The van der Waals surface area contributed by atoms with Gasteiger partial charge in [-0.15, -0.1) is 0 Å². The number of nitrogens with zero attached hydrogens (tertiary/aromatic N) is 1. The van der Waals surface area contributed by atoms with Crippen LogP contribution in [0.4, 0.5) is 11.4 Å². The Morgan fingerprint density at radius 2 is 1.59 bits per heavy atom. The van der Waals surface area contributed by atoms with Gasteiger partial charge in [-0.05, 0) is 61.9 Å². The Hall–Kier alpha value is -4.30. The molecule has 7 nitrogen and oxygen atoms in total. The fraction of sp³-hybridized carbons (Fsp3) is 0.138. The van der Waals surface area contributed by atoms with E-state index in [4.69, 9.17) is 9.15 Å². The van der Waals surface area contributed by atoms with Crippen LogP contribution in [0.5, 0.6) is 5.75 Å². The molecule has 0 radical (unpaired) electrons. The summed E-state index contributed by atoms with van der Waals surface area (Å²) < 4.78 is 40.5. The molecule has 37 heavy (non-hydrogen) atoms. The fourth-order valence-electron chi connectivity index (χ4n) is 4.59. The second-order valence-electron chi connectivity index (χ2n) is 9.23. The zero-order valence-electron chi connectivity index (χ0n) is 20.3. The zero-order chi connectivity index (χ0) is 25.7. The van der Waals surface area contributed by atoms with Crippen molar-refractivity contribution in [1.82, 2.24) is 0 Å². The smallest absolute Gasteiger partial charge is 0.267 e. The summed E-state index contributed by atoms with van der Waals surface area (Å²) in [6.45, 7) is 3.61. The highest BCUT2D eigenvalue weighted by atomic mass is 32.2. The quantitative estimate of drug-likeness (QED) is 0.329. The van der Waals surface area contributed by atoms with Crippen LogP contribution in [0.2, 0.25) is 0 Å². The monoisotopic (exact) mass is 512 g/mol. The lowest BCUT2D eigenvalue weighted by atomic mass is 10.1. The van der Waals surface area contributed by atoms with Gasteiger partial charge in [0.15, 0.2) is 6.10 Å². The molecule has 0 saturated carbocycles. The normalized spacial score (nSPS) is 15.4. The molecule has 0 aliphatic carbocycles. The molecule has 8 heteroatoms. The lowest BCUT2D eigenvalue weighted by molar-refractivity contribution is -0.122.